The van der Waals surface area contributed by atoms with E-state index in [1.54, 1.807) is 0 Å². The molecule has 1 heterocycles. The zero-order valence-corrected chi connectivity index (χ0v) is 11.6. The summed E-state index contributed by atoms with van der Waals surface area (Å²) in [5.41, 5.74) is 0. The number of nitrogens with one attached hydrogen (secondary N) is 1. The lowest BCUT2D eigenvalue weighted by atomic mass is 10.2. The lowest BCUT2D eigenvalue weighted by molar-refractivity contribution is -0.141. The highest BCUT2D eigenvalue weighted by molar-refractivity contribution is 6.13. The minimum atomic E-state index is -0.470. The molecule has 1 aliphatic heterocycles. The van der Waals surface area contributed by atoms with Crippen molar-refractivity contribution in [2.24, 2.45) is 0 Å². The van der Waals surface area contributed by atoms with Crippen LogP contribution in [0.2, 0.25) is 0 Å². The number of carbonyl (C=O) groups is 3. The Morgan fingerprint density at radius 1 is 1.35 bits per heavy atom. The third-order valence-electron chi connectivity index (χ3n) is 3.65. The predicted octanol–water partition coefficient (Wildman–Crippen LogP) is 1.36. The Kier molecular flexibility index (Phi) is 4.76. The van der Waals surface area contributed by atoms with Crippen molar-refractivity contribution in [3.63, 3.8) is 0 Å². The molecule has 1 saturated carbocycles. The van der Waals surface area contributed by atoms with Crippen LogP contribution in [-0.4, -0.2) is 41.5 Å². The van der Waals surface area contributed by atoms with E-state index in [-0.39, 0.29) is 17.9 Å². The van der Waals surface area contributed by atoms with Gasteiger partial charge in [-0.1, -0.05) is 13.3 Å². The van der Waals surface area contributed by atoms with E-state index in [0.29, 0.717) is 19.4 Å². The molecule has 0 saturated heterocycles. The summed E-state index contributed by atoms with van der Waals surface area (Å²) >= 11 is 0. The van der Waals surface area contributed by atoms with E-state index in [9.17, 15) is 14.4 Å². The van der Waals surface area contributed by atoms with Crippen LogP contribution in [0.1, 0.15) is 39.0 Å². The number of hydrogen-bond donors (Lipinski definition) is 1. The Hall–Kier alpha value is -1.85. The first kappa shape index (κ1) is 14.6. The van der Waals surface area contributed by atoms with E-state index in [0.717, 1.165) is 19.3 Å². The van der Waals surface area contributed by atoms with Crippen LogP contribution in [0.15, 0.2) is 12.2 Å². The number of amides is 3. The van der Waals surface area contributed by atoms with Gasteiger partial charge in [-0.25, -0.2) is 4.79 Å². The number of nitrogens with zero attached hydrogens (tertiary/aromatic N) is 1. The first-order valence-corrected chi connectivity index (χ1v) is 7.13. The Labute approximate surface area is 118 Å². The van der Waals surface area contributed by atoms with E-state index in [2.05, 4.69) is 5.32 Å². The van der Waals surface area contributed by atoms with E-state index < -0.39 is 12.2 Å². The number of rotatable bonds is 5. The fourth-order valence-electron chi connectivity index (χ4n) is 2.62. The van der Waals surface area contributed by atoms with Crippen molar-refractivity contribution >= 4 is 17.9 Å². The van der Waals surface area contributed by atoms with E-state index in [1.807, 2.05) is 6.92 Å². The van der Waals surface area contributed by atoms with Gasteiger partial charge in [0.1, 0.15) is 6.10 Å². The molecule has 1 N–H and O–H groups in total. The molecule has 1 aliphatic carbocycles. The van der Waals surface area contributed by atoms with Crippen LogP contribution in [0.5, 0.6) is 0 Å². The van der Waals surface area contributed by atoms with Gasteiger partial charge in [-0.3, -0.25) is 14.5 Å². The topological polar surface area (TPSA) is 75.7 Å². The maximum atomic E-state index is 11.7. The molecule has 20 heavy (non-hydrogen) atoms. The first-order valence-electron chi connectivity index (χ1n) is 7.13. The average molecular weight is 280 g/mol. The molecule has 110 valence electrons. The second-order valence-electron chi connectivity index (χ2n) is 5.10. The van der Waals surface area contributed by atoms with E-state index in [1.165, 1.54) is 17.1 Å². The summed E-state index contributed by atoms with van der Waals surface area (Å²) in [6.07, 6.45) is 5.76. The van der Waals surface area contributed by atoms with Crippen molar-refractivity contribution in [3.05, 3.63) is 12.2 Å². The third kappa shape index (κ3) is 3.18. The Balaban J connectivity index is 1.89. The van der Waals surface area contributed by atoms with Crippen LogP contribution in [-0.2, 0) is 14.3 Å². The zero-order chi connectivity index (χ0) is 14.5. The van der Waals surface area contributed by atoms with Crippen molar-refractivity contribution in [2.45, 2.75) is 51.2 Å². The van der Waals surface area contributed by atoms with Gasteiger partial charge in [0.05, 0.1) is 6.04 Å². The van der Waals surface area contributed by atoms with Crippen molar-refractivity contribution in [2.75, 3.05) is 6.54 Å². The van der Waals surface area contributed by atoms with Gasteiger partial charge in [-0.15, -0.1) is 0 Å². The predicted molar refractivity (Wildman–Crippen MR) is 71.8 cm³/mol. The van der Waals surface area contributed by atoms with Crippen LogP contribution in [0, 0.1) is 0 Å². The molecule has 0 bridgehead atoms. The molecular formula is C14H20N2O4. The molecule has 0 aromatic heterocycles. The second kappa shape index (κ2) is 6.54. The van der Waals surface area contributed by atoms with Crippen LogP contribution in [0.4, 0.5) is 4.79 Å². The highest BCUT2D eigenvalue weighted by Crippen LogP contribution is 2.28. The van der Waals surface area contributed by atoms with Gasteiger partial charge in [0.2, 0.25) is 0 Å². The normalized spacial score (nSPS) is 25.4. The number of hydrogen-bond acceptors (Lipinski definition) is 4. The highest BCUT2D eigenvalue weighted by atomic mass is 16.6. The van der Waals surface area contributed by atoms with E-state index in [4.69, 9.17) is 4.74 Å². The Bertz CT molecular complexity index is 415. The fraction of sp³-hybridized carbons (Fsp3) is 0.643. The lowest BCUT2D eigenvalue weighted by Gasteiger charge is -2.27. The molecule has 0 unspecified atom stereocenters. The summed E-state index contributed by atoms with van der Waals surface area (Å²) in [6, 6.07) is -0.332. The van der Waals surface area contributed by atoms with Gasteiger partial charge in [-0.05, 0) is 25.7 Å². The van der Waals surface area contributed by atoms with Gasteiger partial charge in [0, 0.05) is 18.7 Å². The molecule has 0 aromatic rings. The van der Waals surface area contributed by atoms with E-state index >= 15 is 0 Å². The fourth-order valence-corrected chi connectivity index (χ4v) is 2.62. The maximum absolute atomic E-state index is 11.7. The molecule has 0 aromatic carbocycles. The molecule has 0 spiro atoms. The van der Waals surface area contributed by atoms with Crippen molar-refractivity contribution < 1.29 is 19.1 Å². The molecule has 6 heteroatoms. The third-order valence-corrected chi connectivity index (χ3v) is 3.65. The number of unbranched alkanes of at least 4 members (excludes halogenated alkanes) is 1. The number of carbonyl (C=O) groups excluding carboxylic acids is 3. The quantitative estimate of drug-likeness (QED) is 0.609. The standard InChI is InChI=1S/C14H20N2O4/c1-2-3-9-15-14(19)20-11-6-4-5-10(11)16-12(17)7-8-13(16)18/h7-8,10-11H,2-6,9H2,1H3,(H,15,19)/t10-,11-/m0/s1. The molecule has 1 fully saturated rings. The zero-order valence-electron chi connectivity index (χ0n) is 11.6. The largest absolute Gasteiger partial charge is 0.444 e. The molecule has 2 aliphatic rings. The molecular weight excluding hydrogens is 260 g/mol. The van der Waals surface area contributed by atoms with Gasteiger partial charge >= 0.3 is 6.09 Å². The lowest BCUT2D eigenvalue weighted by Crippen LogP contribution is -2.46. The summed E-state index contributed by atoms with van der Waals surface area (Å²) < 4.78 is 5.36. The van der Waals surface area contributed by atoms with Gasteiger partial charge in [-0.2, -0.15) is 0 Å². The molecule has 0 radical (unpaired) electrons. The summed E-state index contributed by atoms with van der Waals surface area (Å²) in [7, 11) is 0. The van der Waals surface area contributed by atoms with Crippen LogP contribution < -0.4 is 5.32 Å². The van der Waals surface area contributed by atoms with Crippen LogP contribution in [0.25, 0.3) is 0 Å². The van der Waals surface area contributed by atoms with Crippen molar-refractivity contribution in [1.29, 1.82) is 0 Å². The molecule has 2 atom stereocenters. The van der Waals surface area contributed by atoms with Crippen molar-refractivity contribution in [1.82, 2.24) is 10.2 Å². The number of imide groups is 1. The second-order valence-corrected chi connectivity index (χ2v) is 5.10. The minimum Gasteiger partial charge on any atom is -0.444 e. The monoisotopic (exact) mass is 280 g/mol. The van der Waals surface area contributed by atoms with Crippen LogP contribution in [0.3, 0.4) is 0 Å². The molecule has 2 rings (SSSR count). The highest BCUT2D eigenvalue weighted by Gasteiger charge is 2.40. The summed E-state index contributed by atoms with van der Waals surface area (Å²) in [5.74, 6) is -0.635. The Morgan fingerprint density at radius 3 is 2.70 bits per heavy atom. The van der Waals surface area contributed by atoms with Gasteiger partial charge in [0.25, 0.3) is 11.8 Å². The summed E-state index contributed by atoms with van der Waals surface area (Å²) in [6.45, 7) is 2.62. The smallest absolute Gasteiger partial charge is 0.407 e. The van der Waals surface area contributed by atoms with Gasteiger partial charge in [0.15, 0.2) is 0 Å². The maximum Gasteiger partial charge on any atom is 0.407 e. The minimum absolute atomic E-state index is 0.318. The van der Waals surface area contributed by atoms with Gasteiger partial charge < -0.3 is 10.1 Å². The SMILES string of the molecule is CCCCNC(=O)O[C@H]1CCC[C@@H]1N1C(=O)C=CC1=O. The molecule has 3 amide bonds. The average Bonchev–Trinajstić information content (AvgIpc) is 2.97. The summed E-state index contributed by atoms with van der Waals surface area (Å²) in [5, 5.41) is 2.68. The number of ether oxygens (including phenoxy) is 1. The Morgan fingerprint density at radius 2 is 2.05 bits per heavy atom. The summed E-state index contributed by atoms with van der Waals surface area (Å²) in [4.78, 5) is 36.2. The first-order chi connectivity index (χ1) is 9.63. The molecule has 6 nitrogen and oxygen atoms in total. The van der Waals surface area contributed by atoms with Crippen LogP contribution >= 0.6 is 0 Å². The number of alkyl carbamates (subject to hydrolysis) is 1. The van der Waals surface area contributed by atoms with Crippen molar-refractivity contribution in [3.8, 4) is 0 Å².